The van der Waals surface area contributed by atoms with E-state index < -0.39 is 0 Å². The molecule has 0 unspecified atom stereocenters. The number of rotatable bonds is 2. The molecule has 3 rings (SSSR count). The zero-order chi connectivity index (χ0) is 18.0. The van der Waals surface area contributed by atoms with E-state index in [1.54, 1.807) is 0 Å². The molecule has 0 aliphatic heterocycles. The molecule has 0 aromatic heterocycles. The smallest absolute Gasteiger partial charge is 0.255 e. The van der Waals surface area contributed by atoms with Crippen LogP contribution < -0.4 is 5.32 Å². The predicted molar refractivity (Wildman–Crippen MR) is 106 cm³/mol. The van der Waals surface area contributed by atoms with Gasteiger partial charge in [0.15, 0.2) is 0 Å². The van der Waals surface area contributed by atoms with Gasteiger partial charge in [-0.05, 0) is 78.5 Å². The van der Waals surface area contributed by atoms with Gasteiger partial charge in [0, 0.05) is 11.3 Å². The summed E-state index contributed by atoms with van der Waals surface area (Å²) in [5.74, 6) is -0.0304. The first-order valence-corrected chi connectivity index (χ1v) is 9.39. The van der Waals surface area contributed by atoms with Gasteiger partial charge in [-0.3, -0.25) is 4.79 Å². The number of anilines is 1. The van der Waals surface area contributed by atoms with E-state index in [1.165, 1.54) is 42.4 Å². The summed E-state index contributed by atoms with van der Waals surface area (Å²) in [6, 6.07) is 12.4. The first-order chi connectivity index (χ1) is 11.8. The molecular weight excluding hydrogens is 306 g/mol. The van der Waals surface area contributed by atoms with Crippen molar-refractivity contribution in [3.63, 3.8) is 0 Å². The van der Waals surface area contributed by atoms with Crippen molar-refractivity contribution < 1.29 is 4.79 Å². The van der Waals surface area contributed by atoms with Crippen LogP contribution in [0.1, 0.15) is 72.6 Å². The Kier molecular flexibility index (Phi) is 4.99. The largest absolute Gasteiger partial charge is 0.322 e. The molecule has 0 atom stereocenters. The highest BCUT2D eigenvalue weighted by molar-refractivity contribution is 6.04. The molecule has 132 valence electrons. The number of hydrogen-bond acceptors (Lipinski definition) is 1. The van der Waals surface area contributed by atoms with Crippen LogP contribution in [-0.4, -0.2) is 5.91 Å². The predicted octanol–water partition coefficient (Wildman–Crippen LogP) is 5.81. The molecule has 2 heteroatoms. The van der Waals surface area contributed by atoms with Gasteiger partial charge >= 0.3 is 0 Å². The van der Waals surface area contributed by atoms with Crippen molar-refractivity contribution >= 4 is 11.6 Å². The quantitative estimate of drug-likeness (QED) is 0.689. The lowest BCUT2D eigenvalue weighted by molar-refractivity contribution is 0.102. The summed E-state index contributed by atoms with van der Waals surface area (Å²) in [6.45, 7) is 8.63. The van der Waals surface area contributed by atoms with Gasteiger partial charge in [0.25, 0.3) is 5.91 Å². The number of aryl methyl sites for hydroxylation is 3. The van der Waals surface area contributed by atoms with Crippen LogP contribution in [0.3, 0.4) is 0 Å². The highest BCUT2D eigenvalue weighted by atomic mass is 16.1. The molecular formula is C23H29NO. The Balaban J connectivity index is 1.80. The molecule has 1 aliphatic rings. The second kappa shape index (κ2) is 7.03. The Morgan fingerprint density at radius 1 is 0.920 bits per heavy atom. The van der Waals surface area contributed by atoms with Crippen molar-refractivity contribution in [2.24, 2.45) is 0 Å². The Morgan fingerprint density at radius 2 is 1.52 bits per heavy atom. The molecule has 1 amide bonds. The Morgan fingerprint density at radius 3 is 2.12 bits per heavy atom. The molecule has 0 saturated carbocycles. The summed E-state index contributed by atoms with van der Waals surface area (Å²) in [4.78, 5) is 12.7. The molecule has 2 aromatic rings. The summed E-state index contributed by atoms with van der Waals surface area (Å²) in [5.41, 5.74) is 7.02. The number of nitrogens with one attached hydrogen (secondary N) is 1. The van der Waals surface area contributed by atoms with Gasteiger partial charge in [-0.25, -0.2) is 0 Å². The molecule has 25 heavy (non-hydrogen) atoms. The maximum absolute atomic E-state index is 12.7. The zero-order valence-corrected chi connectivity index (χ0v) is 15.9. The lowest BCUT2D eigenvalue weighted by Crippen LogP contribution is -2.15. The van der Waals surface area contributed by atoms with Crippen LogP contribution in [0, 0.1) is 6.92 Å². The van der Waals surface area contributed by atoms with E-state index in [-0.39, 0.29) is 11.3 Å². The maximum Gasteiger partial charge on any atom is 0.255 e. The third-order valence-corrected chi connectivity index (χ3v) is 5.20. The van der Waals surface area contributed by atoms with E-state index in [4.69, 9.17) is 0 Å². The second-order valence-electron chi connectivity index (χ2n) is 8.28. The maximum atomic E-state index is 12.7. The normalized spacial score (nSPS) is 14.6. The molecule has 2 aromatic carbocycles. The second-order valence-corrected chi connectivity index (χ2v) is 8.28. The van der Waals surface area contributed by atoms with Crippen molar-refractivity contribution in [1.29, 1.82) is 0 Å². The summed E-state index contributed by atoms with van der Waals surface area (Å²) < 4.78 is 0. The zero-order valence-electron chi connectivity index (χ0n) is 15.9. The monoisotopic (exact) mass is 335 g/mol. The van der Waals surface area contributed by atoms with Gasteiger partial charge in [-0.2, -0.15) is 0 Å². The van der Waals surface area contributed by atoms with Crippen LogP contribution in [-0.2, 0) is 18.3 Å². The number of carbonyl (C=O) groups is 1. The first-order valence-electron chi connectivity index (χ1n) is 9.39. The lowest BCUT2D eigenvalue weighted by atomic mass is 9.86. The van der Waals surface area contributed by atoms with Gasteiger partial charge in [0.2, 0.25) is 0 Å². The fourth-order valence-corrected chi connectivity index (χ4v) is 3.54. The van der Waals surface area contributed by atoms with E-state index in [0.29, 0.717) is 5.56 Å². The Hall–Kier alpha value is -2.09. The molecule has 0 fully saturated rings. The molecule has 0 spiro atoms. The van der Waals surface area contributed by atoms with Crippen molar-refractivity contribution in [3.8, 4) is 0 Å². The summed E-state index contributed by atoms with van der Waals surface area (Å²) in [6.07, 6.45) is 6.11. The number of fused-ring (bicyclic) bond motifs is 1. The average molecular weight is 335 g/mol. The van der Waals surface area contributed by atoms with Gasteiger partial charge in [0.1, 0.15) is 0 Å². The van der Waals surface area contributed by atoms with E-state index in [2.05, 4.69) is 57.3 Å². The van der Waals surface area contributed by atoms with E-state index in [0.717, 1.165) is 17.7 Å². The van der Waals surface area contributed by atoms with Crippen LogP contribution in [0.4, 0.5) is 5.69 Å². The molecule has 0 radical (unpaired) electrons. The standard InChI is InChI=1S/C23H29NO/c1-16-14-18-8-6-5-7-9-19(18)15-21(16)24-22(25)17-10-12-20(13-11-17)23(2,3)4/h10-15H,5-9H2,1-4H3,(H,24,25). The van der Waals surface area contributed by atoms with Crippen molar-refractivity contribution in [2.75, 3.05) is 5.32 Å². The summed E-state index contributed by atoms with van der Waals surface area (Å²) in [5, 5.41) is 3.12. The minimum Gasteiger partial charge on any atom is -0.322 e. The Labute approximate surface area is 151 Å². The van der Waals surface area contributed by atoms with Crippen molar-refractivity contribution in [2.45, 2.75) is 65.2 Å². The molecule has 2 nitrogen and oxygen atoms in total. The fourth-order valence-electron chi connectivity index (χ4n) is 3.54. The van der Waals surface area contributed by atoms with Crippen LogP contribution in [0.5, 0.6) is 0 Å². The minimum atomic E-state index is -0.0304. The van der Waals surface area contributed by atoms with Crippen LogP contribution >= 0.6 is 0 Å². The van der Waals surface area contributed by atoms with Crippen LogP contribution in [0.15, 0.2) is 36.4 Å². The summed E-state index contributed by atoms with van der Waals surface area (Å²) >= 11 is 0. The third kappa shape index (κ3) is 4.12. The summed E-state index contributed by atoms with van der Waals surface area (Å²) in [7, 11) is 0. The SMILES string of the molecule is Cc1cc2c(cc1NC(=O)c1ccc(C(C)(C)C)cc1)CCCCC2. The first kappa shape index (κ1) is 17.7. The highest BCUT2D eigenvalue weighted by Gasteiger charge is 2.16. The van der Waals surface area contributed by atoms with Gasteiger partial charge < -0.3 is 5.32 Å². The van der Waals surface area contributed by atoms with Crippen molar-refractivity contribution in [3.05, 3.63) is 64.2 Å². The minimum absolute atomic E-state index is 0.0304. The van der Waals surface area contributed by atoms with E-state index in [1.807, 2.05) is 12.1 Å². The van der Waals surface area contributed by atoms with Gasteiger partial charge in [-0.1, -0.05) is 45.4 Å². The highest BCUT2D eigenvalue weighted by Crippen LogP contribution is 2.27. The number of hydrogen-bond donors (Lipinski definition) is 1. The van der Waals surface area contributed by atoms with Crippen molar-refractivity contribution in [1.82, 2.24) is 0 Å². The van der Waals surface area contributed by atoms with Gasteiger partial charge in [0.05, 0.1) is 0 Å². The topological polar surface area (TPSA) is 29.1 Å². The average Bonchev–Trinajstić information content (AvgIpc) is 2.79. The number of carbonyl (C=O) groups excluding carboxylic acids is 1. The molecule has 0 heterocycles. The lowest BCUT2D eigenvalue weighted by Gasteiger charge is -2.19. The number of benzene rings is 2. The fraction of sp³-hybridized carbons (Fsp3) is 0.435. The molecule has 1 aliphatic carbocycles. The number of amides is 1. The third-order valence-electron chi connectivity index (χ3n) is 5.20. The molecule has 0 saturated heterocycles. The van der Waals surface area contributed by atoms with E-state index in [9.17, 15) is 4.79 Å². The van der Waals surface area contributed by atoms with E-state index >= 15 is 0 Å². The molecule has 0 bridgehead atoms. The van der Waals surface area contributed by atoms with Crippen LogP contribution in [0.25, 0.3) is 0 Å². The molecule has 1 N–H and O–H groups in total. The van der Waals surface area contributed by atoms with Crippen LogP contribution in [0.2, 0.25) is 0 Å². The Bertz CT molecular complexity index is 766. The van der Waals surface area contributed by atoms with Gasteiger partial charge in [-0.15, -0.1) is 0 Å².